The first-order chi connectivity index (χ1) is 15.7. The number of anilines is 3. The Labute approximate surface area is 197 Å². The maximum atomic E-state index is 12.1. The van der Waals surface area contributed by atoms with Gasteiger partial charge in [0.1, 0.15) is 12.1 Å². The third-order valence-electron chi connectivity index (χ3n) is 4.11. The Balaban J connectivity index is 1.70. The number of aromatic nitrogens is 2. The zero-order valence-corrected chi connectivity index (χ0v) is 18.5. The van der Waals surface area contributed by atoms with Gasteiger partial charge < -0.3 is 10.1 Å². The molecule has 170 valence electrons. The van der Waals surface area contributed by atoms with E-state index in [4.69, 9.17) is 27.9 Å². The van der Waals surface area contributed by atoms with Crippen LogP contribution in [0.2, 0.25) is 10.0 Å². The second-order valence-electron chi connectivity index (χ2n) is 6.48. The molecule has 0 fully saturated rings. The Bertz CT molecular complexity index is 1220. The zero-order valence-electron chi connectivity index (χ0n) is 17.0. The third kappa shape index (κ3) is 6.28. The molecule has 3 aromatic rings. The quantitative estimate of drug-likeness (QED) is 0.228. The van der Waals surface area contributed by atoms with Crippen molar-refractivity contribution in [1.29, 1.82) is 0 Å². The highest BCUT2D eigenvalue weighted by Gasteiger charge is 2.24. The van der Waals surface area contributed by atoms with Gasteiger partial charge in [-0.1, -0.05) is 35.3 Å². The Hall–Kier alpha value is -3.96. The van der Waals surface area contributed by atoms with E-state index in [9.17, 15) is 19.7 Å². The number of Topliss-reactive ketones (excluding diaryl/α,β-unsaturated/α-hetero) is 1. The van der Waals surface area contributed by atoms with E-state index in [0.717, 1.165) is 6.33 Å². The van der Waals surface area contributed by atoms with E-state index in [1.807, 2.05) is 0 Å². The highest BCUT2D eigenvalue weighted by atomic mass is 35.5. The summed E-state index contributed by atoms with van der Waals surface area (Å²) in [4.78, 5) is 42.3. The van der Waals surface area contributed by atoms with E-state index in [0.29, 0.717) is 16.3 Å². The number of hydrogen-bond donors (Lipinski definition) is 3. The summed E-state index contributed by atoms with van der Waals surface area (Å²) in [6.07, 6.45) is 1.07. The number of ether oxygens (including phenoxy) is 1. The van der Waals surface area contributed by atoms with Crippen LogP contribution in [0.3, 0.4) is 0 Å². The van der Waals surface area contributed by atoms with Crippen molar-refractivity contribution in [3.8, 4) is 5.75 Å². The van der Waals surface area contributed by atoms with Crippen LogP contribution in [-0.2, 0) is 4.79 Å². The first kappa shape index (κ1) is 23.7. The molecule has 0 aliphatic heterocycles. The number of nitro groups is 1. The van der Waals surface area contributed by atoms with Crippen molar-refractivity contribution in [2.24, 2.45) is 0 Å². The van der Waals surface area contributed by atoms with Crippen LogP contribution in [0.15, 0.2) is 48.8 Å². The number of nitrogens with one attached hydrogen (secondary N) is 3. The van der Waals surface area contributed by atoms with Crippen LogP contribution >= 0.6 is 23.2 Å². The molecule has 33 heavy (non-hydrogen) atoms. The number of ketones is 1. The van der Waals surface area contributed by atoms with Gasteiger partial charge in [-0.3, -0.25) is 30.6 Å². The van der Waals surface area contributed by atoms with E-state index in [1.165, 1.54) is 25.1 Å². The van der Waals surface area contributed by atoms with Crippen LogP contribution in [0, 0.1) is 10.1 Å². The number of hydrazine groups is 1. The highest BCUT2D eigenvalue weighted by molar-refractivity contribution is 6.35. The number of benzene rings is 2. The summed E-state index contributed by atoms with van der Waals surface area (Å²) in [5.74, 6) is -0.987. The zero-order chi connectivity index (χ0) is 24.0. The van der Waals surface area contributed by atoms with Crippen LogP contribution in [-0.4, -0.2) is 33.2 Å². The van der Waals surface area contributed by atoms with E-state index in [2.05, 4.69) is 26.1 Å². The molecule has 0 atom stereocenters. The van der Waals surface area contributed by atoms with Crippen LogP contribution in [0.4, 0.5) is 23.0 Å². The molecular weight excluding hydrogens is 475 g/mol. The molecule has 3 rings (SSSR count). The molecule has 3 N–H and O–H groups in total. The lowest BCUT2D eigenvalue weighted by atomic mass is 10.1. The van der Waals surface area contributed by atoms with Gasteiger partial charge in [-0.05, 0) is 37.3 Å². The Morgan fingerprint density at radius 2 is 1.88 bits per heavy atom. The summed E-state index contributed by atoms with van der Waals surface area (Å²) in [5.41, 5.74) is 4.96. The maximum absolute atomic E-state index is 12.1. The Morgan fingerprint density at radius 3 is 2.58 bits per heavy atom. The molecule has 0 saturated heterocycles. The van der Waals surface area contributed by atoms with Gasteiger partial charge in [0.25, 0.3) is 5.91 Å². The molecule has 2 aromatic carbocycles. The number of carbonyl (C=O) groups excluding carboxylic acids is 2. The summed E-state index contributed by atoms with van der Waals surface area (Å²) in [5, 5.41) is 15.1. The predicted octanol–water partition coefficient (Wildman–Crippen LogP) is 4.16. The first-order valence-corrected chi connectivity index (χ1v) is 10.0. The lowest BCUT2D eigenvalue weighted by Crippen LogP contribution is -2.34. The summed E-state index contributed by atoms with van der Waals surface area (Å²) >= 11 is 11.8. The van der Waals surface area contributed by atoms with Crippen molar-refractivity contribution in [3.05, 3.63) is 74.5 Å². The number of hydrogen-bond acceptors (Lipinski definition) is 9. The van der Waals surface area contributed by atoms with Gasteiger partial charge in [-0.15, -0.1) is 0 Å². The molecule has 0 aliphatic carbocycles. The average molecular weight is 491 g/mol. The first-order valence-electron chi connectivity index (χ1n) is 9.24. The standard InChI is InChI=1S/C20H16Cl2N6O5/c1-11(29)12-3-2-4-14(7-12)25-19-18(28(31)32)20(24-10-23-19)27-26-17(30)9-33-16-6-5-13(21)8-15(16)22/h2-8,10H,9H2,1H3,(H,26,30)(H2,23,24,25,27). The minimum Gasteiger partial charge on any atom is -0.482 e. The van der Waals surface area contributed by atoms with Gasteiger partial charge in [-0.2, -0.15) is 0 Å². The minimum atomic E-state index is -0.713. The molecule has 1 heterocycles. The SMILES string of the molecule is CC(=O)c1cccc(Nc2ncnc(NNC(=O)COc3ccc(Cl)cc3Cl)c2[N+](=O)[O-])c1. The maximum Gasteiger partial charge on any atom is 0.355 e. The number of carbonyl (C=O) groups is 2. The van der Waals surface area contributed by atoms with Crippen LogP contribution in [0.5, 0.6) is 5.75 Å². The van der Waals surface area contributed by atoms with Crippen LogP contribution in [0.1, 0.15) is 17.3 Å². The summed E-state index contributed by atoms with van der Waals surface area (Å²) in [7, 11) is 0. The molecule has 0 bridgehead atoms. The van der Waals surface area contributed by atoms with E-state index < -0.39 is 23.1 Å². The van der Waals surface area contributed by atoms with Crippen molar-refractivity contribution in [3.63, 3.8) is 0 Å². The normalized spacial score (nSPS) is 10.3. The molecular formula is C20H16Cl2N6O5. The van der Waals surface area contributed by atoms with Gasteiger partial charge in [0.2, 0.25) is 11.6 Å². The van der Waals surface area contributed by atoms with Crippen molar-refractivity contribution >= 4 is 57.9 Å². The highest BCUT2D eigenvalue weighted by Crippen LogP contribution is 2.31. The largest absolute Gasteiger partial charge is 0.482 e. The lowest BCUT2D eigenvalue weighted by Gasteiger charge is -2.12. The minimum absolute atomic E-state index is 0.142. The fourth-order valence-corrected chi connectivity index (χ4v) is 3.05. The topological polar surface area (TPSA) is 148 Å². The molecule has 0 aliphatic rings. The van der Waals surface area contributed by atoms with E-state index in [1.54, 1.807) is 24.3 Å². The van der Waals surface area contributed by atoms with Crippen molar-refractivity contribution in [1.82, 2.24) is 15.4 Å². The Kier molecular flexibility index (Phi) is 7.59. The molecule has 0 radical (unpaired) electrons. The Morgan fingerprint density at radius 1 is 1.12 bits per heavy atom. The second kappa shape index (κ2) is 10.6. The van der Waals surface area contributed by atoms with Crippen molar-refractivity contribution < 1.29 is 19.2 Å². The average Bonchev–Trinajstić information content (AvgIpc) is 2.77. The van der Waals surface area contributed by atoms with Gasteiger partial charge in [0.15, 0.2) is 12.4 Å². The number of halogens is 2. The summed E-state index contributed by atoms with van der Waals surface area (Å²) in [6, 6.07) is 10.9. The van der Waals surface area contributed by atoms with E-state index in [-0.39, 0.29) is 28.2 Å². The third-order valence-corrected chi connectivity index (χ3v) is 4.64. The molecule has 0 saturated carbocycles. The molecule has 11 nitrogen and oxygen atoms in total. The molecule has 0 unspecified atom stereocenters. The van der Waals surface area contributed by atoms with Crippen molar-refractivity contribution in [2.75, 3.05) is 17.3 Å². The van der Waals surface area contributed by atoms with Crippen LogP contribution < -0.4 is 20.9 Å². The summed E-state index contributed by atoms with van der Waals surface area (Å²) < 4.78 is 5.30. The lowest BCUT2D eigenvalue weighted by molar-refractivity contribution is -0.383. The fourth-order valence-electron chi connectivity index (χ4n) is 2.59. The second-order valence-corrected chi connectivity index (χ2v) is 7.32. The number of rotatable bonds is 9. The predicted molar refractivity (Wildman–Crippen MR) is 122 cm³/mol. The van der Waals surface area contributed by atoms with Gasteiger partial charge >= 0.3 is 5.69 Å². The van der Waals surface area contributed by atoms with Crippen LogP contribution in [0.25, 0.3) is 0 Å². The van der Waals surface area contributed by atoms with Gasteiger partial charge in [0, 0.05) is 16.3 Å². The van der Waals surface area contributed by atoms with Gasteiger partial charge in [0.05, 0.1) is 9.95 Å². The smallest absolute Gasteiger partial charge is 0.355 e. The van der Waals surface area contributed by atoms with E-state index >= 15 is 0 Å². The number of nitrogens with zero attached hydrogens (tertiary/aromatic N) is 3. The fraction of sp³-hybridized carbons (Fsp3) is 0.100. The van der Waals surface area contributed by atoms with Gasteiger partial charge in [-0.25, -0.2) is 9.97 Å². The molecule has 1 aromatic heterocycles. The molecule has 0 spiro atoms. The number of amides is 1. The monoisotopic (exact) mass is 490 g/mol. The molecule has 13 heteroatoms. The van der Waals surface area contributed by atoms with Crippen molar-refractivity contribution in [2.45, 2.75) is 6.92 Å². The molecule has 1 amide bonds. The summed E-state index contributed by atoms with van der Waals surface area (Å²) in [6.45, 7) is 0.970.